The molecule has 6 nitrogen and oxygen atoms in total. The van der Waals surface area contributed by atoms with Gasteiger partial charge < -0.3 is 10.4 Å². The molecule has 0 unspecified atom stereocenters. The van der Waals surface area contributed by atoms with Gasteiger partial charge in [-0.3, -0.25) is 14.6 Å². The lowest BCUT2D eigenvalue weighted by atomic mass is 10.0. The van der Waals surface area contributed by atoms with Gasteiger partial charge in [-0.2, -0.15) is 24.9 Å². The largest absolute Gasteiger partial charge is 0.409 e. The number of carbonyl (C=O) groups is 2. The van der Waals surface area contributed by atoms with Crippen LogP contribution >= 0.6 is 11.8 Å². The molecular formula is C21H29F4N3O3S. The SMILES string of the molecule is CC[C@@H]([C@H](O)C(=O)NC1CC1)N(N[C@@H](c1ccc(F)cc1)C(F)(F)F)C(=O)CCCSC. The van der Waals surface area contributed by atoms with Crippen molar-refractivity contribution in [2.24, 2.45) is 0 Å². The zero-order valence-corrected chi connectivity index (χ0v) is 18.8. The molecule has 0 radical (unpaired) electrons. The lowest BCUT2D eigenvalue weighted by molar-refractivity contribution is -0.180. The van der Waals surface area contributed by atoms with Gasteiger partial charge in [0.2, 0.25) is 5.91 Å². The van der Waals surface area contributed by atoms with Crippen molar-refractivity contribution >= 4 is 23.6 Å². The number of nitrogens with one attached hydrogen (secondary N) is 2. The zero-order chi connectivity index (χ0) is 23.9. The maximum Gasteiger partial charge on any atom is 0.409 e. The minimum atomic E-state index is -4.82. The number of rotatable bonds is 12. The van der Waals surface area contributed by atoms with Crippen LogP contribution in [0.15, 0.2) is 24.3 Å². The number of aliphatic hydroxyl groups is 1. The van der Waals surface area contributed by atoms with E-state index in [4.69, 9.17) is 0 Å². The standard InChI is InChI=1S/C21H29F4N3O3S/c1-3-16(18(30)20(31)26-15-10-11-15)28(17(29)5-4-12-32-2)27-19(21(23,24)25)13-6-8-14(22)9-7-13/h6-9,15-16,18-19,27,30H,3-5,10-12H2,1-2H3,(H,26,31)/t16-,18-,19-/m0/s1. The van der Waals surface area contributed by atoms with Crippen molar-refractivity contribution in [3.05, 3.63) is 35.6 Å². The topological polar surface area (TPSA) is 81.7 Å². The minimum Gasteiger partial charge on any atom is -0.381 e. The van der Waals surface area contributed by atoms with Gasteiger partial charge in [0, 0.05) is 12.5 Å². The molecule has 1 saturated carbocycles. The molecule has 0 bridgehead atoms. The third kappa shape index (κ3) is 7.63. The molecule has 0 heterocycles. The second-order valence-corrected chi connectivity index (χ2v) is 8.70. The number of amides is 2. The van der Waals surface area contributed by atoms with Gasteiger partial charge in [-0.15, -0.1) is 0 Å². The van der Waals surface area contributed by atoms with Crippen LogP contribution < -0.4 is 10.7 Å². The molecule has 1 aromatic carbocycles. The Morgan fingerprint density at radius 3 is 2.38 bits per heavy atom. The van der Waals surface area contributed by atoms with Crippen LogP contribution in [0.2, 0.25) is 0 Å². The summed E-state index contributed by atoms with van der Waals surface area (Å²) in [6.07, 6.45) is -2.75. The van der Waals surface area contributed by atoms with Crippen molar-refractivity contribution in [3.63, 3.8) is 0 Å². The van der Waals surface area contributed by atoms with E-state index in [9.17, 15) is 32.3 Å². The summed E-state index contributed by atoms with van der Waals surface area (Å²) in [5.41, 5.74) is 1.90. The summed E-state index contributed by atoms with van der Waals surface area (Å²) >= 11 is 1.49. The van der Waals surface area contributed by atoms with Gasteiger partial charge >= 0.3 is 6.18 Å². The first kappa shape index (κ1) is 26.4. The Bertz CT molecular complexity index is 760. The summed E-state index contributed by atoms with van der Waals surface area (Å²) in [6.45, 7) is 1.57. The highest BCUT2D eigenvalue weighted by atomic mass is 32.2. The quantitative estimate of drug-likeness (QED) is 0.244. The second kappa shape index (κ2) is 11.9. The summed E-state index contributed by atoms with van der Waals surface area (Å²) in [6, 6.07) is 0.143. The van der Waals surface area contributed by atoms with Gasteiger partial charge in [0.25, 0.3) is 5.91 Å². The number of thioether (sulfide) groups is 1. The predicted octanol–water partition coefficient (Wildman–Crippen LogP) is 3.32. The van der Waals surface area contributed by atoms with Crippen molar-refractivity contribution in [3.8, 4) is 0 Å². The fourth-order valence-electron chi connectivity index (χ4n) is 3.21. The third-order valence-corrected chi connectivity index (χ3v) is 5.81. The lowest BCUT2D eigenvalue weighted by Crippen LogP contribution is -2.59. The molecule has 1 aliphatic rings. The molecule has 180 valence electrons. The van der Waals surface area contributed by atoms with Gasteiger partial charge in [-0.05, 0) is 55.4 Å². The molecule has 0 aliphatic heterocycles. The Morgan fingerprint density at radius 2 is 1.88 bits per heavy atom. The van der Waals surface area contributed by atoms with E-state index in [0.717, 1.165) is 42.1 Å². The summed E-state index contributed by atoms with van der Waals surface area (Å²) in [5, 5.41) is 13.9. The van der Waals surface area contributed by atoms with Crippen LogP contribution in [0.5, 0.6) is 0 Å². The Hall–Kier alpha value is -1.85. The third-order valence-electron chi connectivity index (χ3n) is 5.11. The average Bonchev–Trinajstić information content (AvgIpc) is 3.54. The first-order valence-electron chi connectivity index (χ1n) is 10.5. The Kier molecular flexibility index (Phi) is 9.78. The van der Waals surface area contributed by atoms with Crippen molar-refractivity contribution < 1.29 is 32.3 Å². The minimum absolute atomic E-state index is 0.0362. The van der Waals surface area contributed by atoms with Crippen LogP contribution in [-0.4, -0.2) is 58.3 Å². The number of carbonyl (C=O) groups excluding carboxylic acids is 2. The van der Waals surface area contributed by atoms with Gasteiger partial charge in [0.1, 0.15) is 11.9 Å². The highest BCUT2D eigenvalue weighted by molar-refractivity contribution is 7.98. The summed E-state index contributed by atoms with van der Waals surface area (Å²) in [7, 11) is 0. The number of alkyl halides is 3. The van der Waals surface area contributed by atoms with E-state index in [0.29, 0.717) is 12.2 Å². The Labute approximate surface area is 189 Å². The van der Waals surface area contributed by atoms with Gasteiger partial charge in [0.15, 0.2) is 6.10 Å². The molecule has 1 aromatic rings. The maximum absolute atomic E-state index is 13.9. The molecular weight excluding hydrogens is 450 g/mol. The fraction of sp³-hybridized carbons (Fsp3) is 0.619. The highest BCUT2D eigenvalue weighted by Gasteiger charge is 2.45. The molecule has 3 N–H and O–H groups in total. The number of halogens is 4. The van der Waals surface area contributed by atoms with Crippen molar-refractivity contribution in [1.82, 2.24) is 15.8 Å². The van der Waals surface area contributed by atoms with E-state index in [2.05, 4.69) is 10.7 Å². The summed E-state index contributed by atoms with van der Waals surface area (Å²) in [5.74, 6) is -1.46. The molecule has 0 saturated heterocycles. The number of hydrogen-bond donors (Lipinski definition) is 3. The maximum atomic E-state index is 13.9. The Morgan fingerprint density at radius 1 is 1.25 bits per heavy atom. The average molecular weight is 480 g/mol. The van der Waals surface area contributed by atoms with E-state index in [1.54, 1.807) is 6.92 Å². The van der Waals surface area contributed by atoms with Crippen LogP contribution in [0, 0.1) is 5.82 Å². The van der Waals surface area contributed by atoms with E-state index < -0.39 is 42.0 Å². The van der Waals surface area contributed by atoms with Crippen molar-refractivity contribution in [1.29, 1.82) is 0 Å². The molecule has 0 aromatic heterocycles. The van der Waals surface area contributed by atoms with Crippen LogP contribution in [0.3, 0.4) is 0 Å². The van der Waals surface area contributed by atoms with E-state index in [1.807, 2.05) is 6.26 Å². The van der Waals surface area contributed by atoms with Crippen molar-refractivity contribution in [2.45, 2.75) is 69.4 Å². The smallest absolute Gasteiger partial charge is 0.381 e. The number of hydrazine groups is 1. The van der Waals surface area contributed by atoms with Crippen LogP contribution in [-0.2, 0) is 9.59 Å². The number of hydrogen-bond acceptors (Lipinski definition) is 5. The first-order valence-corrected chi connectivity index (χ1v) is 11.9. The molecule has 2 amide bonds. The van der Waals surface area contributed by atoms with E-state index in [-0.39, 0.29) is 24.4 Å². The molecule has 1 aliphatic carbocycles. The zero-order valence-electron chi connectivity index (χ0n) is 18.0. The number of aliphatic hydroxyl groups excluding tert-OH is 1. The van der Waals surface area contributed by atoms with Crippen LogP contribution in [0.25, 0.3) is 0 Å². The molecule has 2 rings (SSSR count). The lowest BCUT2D eigenvalue weighted by Gasteiger charge is -2.37. The fourth-order valence-corrected chi connectivity index (χ4v) is 3.64. The highest BCUT2D eigenvalue weighted by Crippen LogP contribution is 2.34. The normalized spacial score (nSPS) is 16.8. The number of nitrogens with zero attached hydrogens (tertiary/aromatic N) is 1. The summed E-state index contributed by atoms with van der Waals surface area (Å²) < 4.78 is 55.0. The van der Waals surface area contributed by atoms with Gasteiger partial charge in [0.05, 0.1) is 6.04 Å². The Balaban J connectivity index is 2.32. The van der Waals surface area contributed by atoms with E-state index in [1.165, 1.54) is 11.8 Å². The summed E-state index contributed by atoms with van der Waals surface area (Å²) in [4.78, 5) is 25.3. The van der Waals surface area contributed by atoms with Gasteiger partial charge in [-0.25, -0.2) is 9.82 Å². The predicted molar refractivity (Wildman–Crippen MR) is 114 cm³/mol. The molecule has 0 spiro atoms. The number of benzene rings is 1. The molecule has 1 fully saturated rings. The van der Waals surface area contributed by atoms with Crippen molar-refractivity contribution in [2.75, 3.05) is 12.0 Å². The van der Waals surface area contributed by atoms with E-state index >= 15 is 0 Å². The van der Waals surface area contributed by atoms with Gasteiger partial charge in [-0.1, -0.05) is 19.1 Å². The molecule has 3 atom stereocenters. The molecule has 32 heavy (non-hydrogen) atoms. The monoisotopic (exact) mass is 479 g/mol. The first-order chi connectivity index (χ1) is 15.1. The molecule has 11 heteroatoms. The van der Waals surface area contributed by atoms with Crippen LogP contribution in [0.1, 0.15) is 50.6 Å². The second-order valence-electron chi connectivity index (χ2n) is 7.72. The van der Waals surface area contributed by atoms with Crippen LogP contribution in [0.4, 0.5) is 17.6 Å².